The van der Waals surface area contributed by atoms with E-state index in [4.69, 9.17) is 0 Å². The number of benzene rings is 2. The molecule has 7 nitrogen and oxygen atoms in total. The van der Waals surface area contributed by atoms with Gasteiger partial charge in [-0.25, -0.2) is 0 Å². The second-order valence-electron chi connectivity index (χ2n) is 5.83. The lowest BCUT2D eigenvalue weighted by Crippen LogP contribution is -2.35. The zero-order valence-electron chi connectivity index (χ0n) is 14.3. The molecule has 0 saturated heterocycles. The van der Waals surface area contributed by atoms with Gasteiger partial charge in [0, 0.05) is 29.9 Å². The highest BCUT2D eigenvalue weighted by Gasteiger charge is 2.19. The molecule has 0 atom stereocenters. The molecule has 0 aliphatic rings. The number of rotatable bonds is 5. The molecule has 2 amide bonds. The number of carbonyl (C=O) groups is 2. The van der Waals surface area contributed by atoms with E-state index in [0.717, 1.165) is 5.56 Å². The molecule has 0 bridgehead atoms. The molecule has 0 spiro atoms. The number of hydrogen-bond donors (Lipinski definition) is 1. The van der Waals surface area contributed by atoms with Crippen LogP contribution in [0, 0.1) is 24.0 Å². The van der Waals surface area contributed by atoms with E-state index in [0.29, 0.717) is 11.3 Å². The van der Waals surface area contributed by atoms with Crippen LogP contribution in [0.2, 0.25) is 0 Å². The second-order valence-corrected chi connectivity index (χ2v) is 5.83. The Hall–Kier alpha value is -3.22. The molecule has 0 unspecified atom stereocenters. The fraction of sp³-hybridized carbons (Fsp3) is 0.222. The van der Waals surface area contributed by atoms with Gasteiger partial charge in [0.15, 0.2) is 0 Å². The van der Waals surface area contributed by atoms with Crippen molar-refractivity contribution in [2.24, 2.45) is 0 Å². The summed E-state index contributed by atoms with van der Waals surface area (Å²) in [6.07, 6.45) is 0. The molecule has 2 aromatic carbocycles. The summed E-state index contributed by atoms with van der Waals surface area (Å²) in [7, 11) is 1.47. The van der Waals surface area contributed by atoms with Crippen molar-refractivity contribution in [1.29, 1.82) is 0 Å². The Balaban J connectivity index is 2.04. The number of aryl methyl sites for hydroxylation is 2. The average molecular weight is 341 g/mol. The number of anilines is 1. The van der Waals surface area contributed by atoms with Crippen molar-refractivity contribution < 1.29 is 14.5 Å². The lowest BCUT2D eigenvalue weighted by Gasteiger charge is -2.17. The summed E-state index contributed by atoms with van der Waals surface area (Å²) in [5.41, 5.74) is 2.24. The number of nitro benzene ring substituents is 1. The molecule has 25 heavy (non-hydrogen) atoms. The first-order chi connectivity index (χ1) is 11.8. The van der Waals surface area contributed by atoms with Gasteiger partial charge in [-0.15, -0.1) is 0 Å². The minimum Gasteiger partial charge on any atom is -0.332 e. The molecule has 0 aliphatic carbocycles. The number of nitrogens with zero attached hydrogens (tertiary/aromatic N) is 2. The molecular formula is C18H19N3O4. The summed E-state index contributed by atoms with van der Waals surface area (Å²) >= 11 is 0. The van der Waals surface area contributed by atoms with Crippen molar-refractivity contribution in [2.45, 2.75) is 13.8 Å². The highest BCUT2D eigenvalue weighted by Crippen LogP contribution is 2.20. The van der Waals surface area contributed by atoms with Gasteiger partial charge < -0.3 is 10.2 Å². The molecule has 0 heterocycles. The van der Waals surface area contributed by atoms with Gasteiger partial charge in [0.25, 0.3) is 11.6 Å². The predicted molar refractivity (Wildman–Crippen MR) is 94.6 cm³/mol. The quantitative estimate of drug-likeness (QED) is 0.668. The highest BCUT2D eigenvalue weighted by molar-refractivity contribution is 5.99. The standard InChI is InChI=1S/C18H19N3O4/c1-12-4-8-15(9-5-12)19-17(22)11-20(3)18(23)14-7-6-13(2)16(10-14)21(24)25/h4-10H,11H2,1-3H3,(H,19,22). The smallest absolute Gasteiger partial charge is 0.273 e. The Morgan fingerprint density at radius 3 is 2.36 bits per heavy atom. The maximum absolute atomic E-state index is 12.4. The van der Waals surface area contributed by atoms with Crippen LogP contribution in [0.1, 0.15) is 21.5 Å². The molecule has 2 rings (SSSR count). The Kier molecular flexibility index (Phi) is 5.49. The van der Waals surface area contributed by atoms with Crippen molar-refractivity contribution in [3.63, 3.8) is 0 Å². The largest absolute Gasteiger partial charge is 0.332 e. The topological polar surface area (TPSA) is 92.6 Å². The minimum atomic E-state index is -0.532. The van der Waals surface area contributed by atoms with Crippen molar-refractivity contribution in [3.8, 4) is 0 Å². The van der Waals surface area contributed by atoms with Gasteiger partial charge in [-0.05, 0) is 32.0 Å². The lowest BCUT2D eigenvalue weighted by molar-refractivity contribution is -0.385. The Morgan fingerprint density at radius 1 is 1.12 bits per heavy atom. The van der Waals surface area contributed by atoms with Gasteiger partial charge in [0.05, 0.1) is 11.5 Å². The Morgan fingerprint density at radius 2 is 1.76 bits per heavy atom. The van der Waals surface area contributed by atoms with Gasteiger partial charge in [-0.3, -0.25) is 19.7 Å². The second kappa shape index (κ2) is 7.57. The summed E-state index contributed by atoms with van der Waals surface area (Å²) < 4.78 is 0. The number of nitro groups is 1. The minimum absolute atomic E-state index is 0.122. The summed E-state index contributed by atoms with van der Waals surface area (Å²) in [5, 5.41) is 13.7. The maximum atomic E-state index is 12.4. The Labute approximate surface area is 145 Å². The van der Waals surface area contributed by atoms with E-state index in [2.05, 4.69) is 5.32 Å². The van der Waals surface area contributed by atoms with E-state index in [1.54, 1.807) is 19.1 Å². The molecule has 0 aliphatic heterocycles. The van der Waals surface area contributed by atoms with Crippen molar-refractivity contribution >= 4 is 23.2 Å². The lowest BCUT2D eigenvalue weighted by atomic mass is 10.1. The molecule has 0 saturated carbocycles. The van der Waals surface area contributed by atoms with E-state index in [9.17, 15) is 19.7 Å². The monoisotopic (exact) mass is 341 g/mol. The van der Waals surface area contributed by atoms with Crippen LogP contribution in [0.5, 0.6) is 0 Å². The average Bonchev–Trinajstić information content (AvgIpc) is 2.56. The van der Waals surface area contributed by atoms with Crippen LogP contribution in [0.4, 0.5) is 11.4 Å². The first-order valence-electron chi connectivity index (χ1n) is 7.65. The van der Waals surface area contributed by atoms with E-state index < -0.39 is 10.8 Å². The summed E-state index contributed by atoms with van der Waals surface area (Å²) in [6, 6.07) is 11.6. The van der Waals surface area contributed by atoms with Gasteiger partial charge in [0.1, 0.15) is 0 Å². The summed E-state index contributed by atoms with van der Waals surface area (Å²) in [5.74, 6) is -0.802. The molecule has 1 N–H and O–H groups in total. The highest BCUT2D eigenvalue weighted by atomic mass is 16.6. The van der Waals surface area contributed by atoms with E-state index >= 15 is 0 Å². The summed E-state index contributed by atoms with van der Waals surface area (Å²) in [4.78, 5) is 36.1. The SMILES string of the molecule is Cc1ccc(NC(=O)CN(C)C(=O)c2ccc(C)c([N+](=O)[O-])c2)cc1. The fourth-order valence-electron chi connectivity index (χ4n) is 2.28. The third-order valence-corrected chi connectivity index (χ3v) is 3.72. The zero-order chi connectivity index (χ0) is 18.6. The fourth-order valence-corrected chi connectivity index (χ4v) is 2.28. The van der Waals surface area contributed by atoms with Gasteiger partial charge in [-0.2, -0.15) is 0 Å². The van der Waals surface area contributed by atoms with E-state index in [1.807, 2.05) is 19.1 Å². The molecule has 0 fully saturated rings. The van der Waals surface area contributed by atoms with Crippen LogP contribution in [-0.2, 0) is 4.79 Å². The number of hydrogen-bond acceptors (Lipinski definition) is 4. The predicted octanol–water partition coefficient (Wildman–Crippen LogP) is 2.92. The van der Waals surface area contributed by atoms with Crippen LogP contribution < -0.4 is 5.32 Å². The number of nitrogens with one attached hydrogen (secondary N) is 1. The molecule has 7 heteroatoms. The third-order valence-electron chi connectivity index (χ3n) is 3.72. The van der Waals surface area contributed by atoms with Crippen LogP contribution in [0.15, 0.2) is 42.5 Å². The van der Waals surface area contributed by atoms with Crippen LogP contribution in [0.3, 0.4) is 0 Å². The third kappa shape index (κ3) is 4.63. The maximum Gasteiger partial charge on any atom is 0.273 e. The van der Waals surface area contributed by atoms with E-state index in [-0.39, 0.29) is 23.7 Å². The zero-order valence-corrected chi connectivity index (χ0v) is 14.3. The van der Waals surface area contributed by atoms with Gasteiger partial charge in [0.2, 0.25) is 5.91 Å². The first-order valence-corrected chi connectivity index (χ1v) is 7.65. The van der Waals surface area contributed by atoms with Crippen molar-refractivity contribution in [2.75, 3.05) is 18.9 Å². The van der Waals surface area contributed by atoms with Gasteiger partial charge in [-0.1, -0.05) is 23.8 Å². The van der Waals surface area contributed by atoms with Crippen LogP contribution in [0.25, 0.3) is 0 Å². The molecule has 2 aromatic rings. The molecule has 0 aromatic heterocycles. The molecule has 0 radical (unpaired) electrons. The van der Waals surface area contributed by atoms with E-state index in [1.165, 1.54) is 30.1 Å². The molecular weight excluding hydrogens is 322 g/mol. The van der Waals surface area contributed by atoms with Crippen LogP contribution >= 0.6 is 0 Å². The number of amides is 2. The van der Waals surface area contributed by atoms with Crippen molar-refractivity contribution in [1.82, 2.24) is 4.90 Å². The Bertz CT molecular complexity index is 816. The molecule has 130 valence electrons. The normalized spacial score (nSPS) is 10.2. The number of carbonyl (C=O) groups excluding carboxylic acids is 2. The summed E-state index contributed by atoms with van der Waals surface area (Å²) in [6.45, 7) is 3.39. The van der Waals surface area contributed by atoms with Gasteiger partial charge >= 0.3 is 0 Å². The first kappa shape index (κ1) is 18.1. The van der Waals surface area contributed by atoms with Crippen LogP contribution in [-0.4, -0.2) is 35.2 Å². The number of likely N-dealkylation sites (N-methyl/N-ethyl adjacent to an activating group) is 1. The van der Waals surface area contributed by atoms with Crippen molar-refractivity contribution in [3.05, 3.63) is 69.3 Å².